The molecule has 0 aromatic rings. The van der Waals surface area contributed by atoms with Gasteiger partial charge in [-0.05, 0) is 20.1 Å². The third kappa shape index (κ3) is 4.15. The molecule has 1 N–H and O–H groups in total. The first-order valence-corrected chi connectivity index (χ1v) is 3.20. The quantitative estimate of drug-likeness (QED) is 0.509. The van der Waals surface area contributed by atoms with Gasteiger partial charge in [0.2, 0.25) is 0 Å². The van der Waals surface area contributed by atoms with Crippen LogP contribution in [0.15, 0.2) is 0 Å². The molecule has 0 aliphatic carbocycles. The summed E-state index contributed by atoms with van der Waals surface area (Å²) >= 11 is 0. The SMILES string of the molecule is CCNBN(C)CC. The highest BCUT2D eigenvalue weighted by Gasteiger charge is 1.91. The molecule has 0 aromatic carbocycles. The molecule has 0 heterocycles. The van der Waals surface area contributed by atoms with Gasteiger partial charge < -0.3 is 10.0 Å². The minimum atomic E-state index is 1.01. The second-order valence-corrected chi connectivity index (χ2v) is 1.93. The summed E-state index contributed by atoms with van der Waals surface area (Å²) < 4.78 is 0. The zero-order valence-corrected chi connectivity index (χ0v) is 6.07. The van der Waals surface area contributed by atoms with Gasteiger partial charge in [-0.15, -0.1) is 0 Å². The molecule has 0 fully saturated rings. The number of rotatable bonds is 4. The van der Waals surface area contributed by atoms with Crippen molar-refractivity contribution in [2.75, 3.05) is 20.1 Å². The van der Waals surface area contributed by atoms with Crippen LogP contribution in [0.4, 0.5) is 0 Å². The van der Waals surface area contributed by atoms with Crippen molar-refractivity contribution in [3.05, 3.63) is 0 Å². The van der Waals surface area contributed by atoms with Crippen molar-refractivity contribution >= 4 is 7.55 Å². The third-order valence-electron chi connectivity index (χ3n) is 1.17. The maximum Gasteiger partial charge on any atom is 0.288 e. The average Bonchev–Trinajstić information content (AvgIpc) is 1.83. The fourth-order valence-electron chi connectivity index (χ4n) is 0.414. The third-order valence-corrected chi connectivity index (χ3v) is 1.17. The predicted octanol–water partition coefficient (Wildman–Crippen LogP) is -0.186. The lowest BCUT2D eigenvalue weighted by Gasteiger charge is -2.10. The van der Waals surface area contributed by atoms with Crippen LogP contribution in [0, 0.1) is 0 Å². The molecule has 0 bridgehead atoms. The summed E-state index contributed by atoms with van der Waals surface area (Å²) in [5.41, 5.74) is 0. The smallest absolute Gasteiger partial charge is 0.288 e. The molecule has 0 aliphatic heterocycles. The van der Waals surface area contributed by atoms with Gasteiger partial charge in [0.25, 0.3) is 7.55 Å². The van der Waals surface area contributed by atoms with Crippen LogP contribution in [0.5, 0.6) is 0 Å². The Morgan fingerprint density at radius 3 is 2.50 bits per heavy atom. The van der Waals surface area contributed by atoms with Crippen molar-refractivity contribution in [3.63, 3.8) is 0 Å². The zero-order chi connectivity index (χ0) is 6.41. The topological polar surface area (TPSA) is 15.3 Å². The minimum absolute atomic E-state index is 1.01. The molecule has 48 valence electrons. The van der Waals surface area contributed by atoms with E-state index in [2.05, 4.69) is 30.9 Å². The summed E-state index contributed by atoms with van der Waals surface area (Å²) in [7, 11) is 3.11. The van der Waals surface area contributed by atoms with Gasteiger partial charge >= 0.3 is 0 Å². The first-order valence-electron chi connectivity index (χ1n) is 3.20. The summed E-state index contributed by atoms with van der Waals surface area (Å²) in [5, 5.41) is 3.22. The van der Waals surface area contributed by atoms with E-state index in [1.807, 2.05) is 0 Å². The van der Waals surface area contributed by atoms with E-state index in [9.17, 15) is 0 Å². The Hall–Kier alpha value is -0.0151. The van der Waals surface area contributed by atoms with Gasteiger partial charge in [0, 0.05) is 0 Å². The van der Waals surface area contributed by atoms with E-state index in [-0.39, 0.29) is 0 Å². The molecule has 8 heavy (non-hydrogen) atoms. The molecule has 3 heteroatoms. The van der Waals surface area contributed by atoms with E-state index in [0.29, 0.717) is 0 Å². The largest absolute Gasteiger partial charge is 0.345 e. The molecule has 0 spiro atoms. The van der Waals surface area contributed by atoms with Crippen molar-refractivity contribution < 1.29 is 0 Å². The lowest BCUT2D eigenvalue weighted by Crippen LogP contribution is -2.34. The highest BCUT2D eigenvalue weighted by molar-refractivity contribution is 6.28. The summed E-state index contributed by atoms with van der Waals surface area (Å²) in [6.07, 6.45) is 0. The normalized spacial score (nSPS) is 10.0. The Labute approximate surface area is 52.5 Å². The number of nitrogens with one attached hydrogen (secondary N) is 1. The Morgan fingerprint density at radius 1 is 1.50 bits per heavy atom. The summed E-state index contributed by atoms with van der Waals surface area (Å²) in [4.78, 5) is 2.23. The van der Waals surface area contributed by atoms with Crippen LogP contribution >= 0.6 is 0 Å². The second-order valence-electron chi connectivity index (χ2n) is 1.93. The first kappa shape index (κ1) is 7.98. The fourth-order valence-corrected chi connectivity index (χ4v) is 0.414. The monoisotopic (exact) mass is 114 g/mol. The van der Waals surface area contributed by atoms with Crippen LogP contribution < -0.4 is 5.23 Å². The van der Waals surface area contributed by atoms with E-state index in [0.717, 1.165) is 20.6 Å². The van der Waals surface area contributed by atoms with Crippen molar-refractivity contribution in [2.24, 2.45) is 0 Å². The average molecular weight is 114 g/mol. The Balaban J connectivity index is 2.86. The van der Waals surface area contributed by atoms with E-state index >= 15 is 0 Å². The molecule has 0 atom stereocenters. The second kappa shape index (κ2) is 5.13. The molecule has 0 unspecified atom stereocenters. The standard InChI is InChI=1S/C5H15BN2/c1-4-7-6-8(3)5-2/h6-7H,4-5H2,1-3H3. The molecule has 0 aliphatic rings. The van der Waals surface area contributed by atoms with Gasteiger partial charge in [-0.3, -0.25) is 0 Å². The summed E-state index contributed by atoms with van der Waals surface area (Å²) in [6, 6.07) is 0. The van der Waals surface area contributed by atoms with E-state index < -0.39 is 0 Å². The molecule has 0 aromatic heterocycles. The minimum Gasteiger partial charge on any atom is -0.345 e. The molecular formula is C5H15BN2. The summed E-state index contributed by atoms with van der Waals surface area (Å²) in [6.45, 7) is 6.44. The van der Waals surface area contributed by atoms with Crippen molar-refractivity contribution in [3.8, 4) is 0 Å². The van der Waals surface area contributed by atoms with Crippen LogP contribution in [0.25, 0.3) is 0 Å². The van der Waals surface area contributed by atoms with Gasteiger partial charge in [0.05, 0.1) is 0 Å². The highest BCUT2D eigenvalue weighted by atomic mass is 15.1. The van der Waals surface area contributed by atoms with E-state index in [1.54, 1.807) is 0 Å². The molecule has 0 amide bonds. The molecule has 0 saturated heterocycles. The van der Waals surface area contributed by atoms with Crippen LogP contribution in [0.3, 0.4) is 0 Å². The number of nitrogens with zero attached hydrogens (tertiary/aromatic N) is 1. The zero-order valence-electron chi connectivity index (χ0n) is 6.07. The Bertz CT molecular complexity index is 49.7. The van der Waals surface area contributed by atoms with Crippen LogP contribution in [-0.2, 0) is 0 Å². The maximum atomic E-state index is 3.22. The molecule has 2 nitrogen and oxygen atoms in total. The first-order chi connectivity index (χ1) is 3.81. The lowest BCUT2D eigenvalue weighted by molar-refractivity contribution is 0.555. The molecular weight excluding hydrogens is 98.9 g/mol. The van der Waals surface area contributed by atoms with E-state index in [4.69, 9.17) is 0 Å². The maximum absolute atomic E-state index is 3.22. The Kier molecular flexibility index (Phi) is 5.12. The number of hydrogen-bond donors (Lipinski definition) is 1. The molecule has 0 rings (SSSR count). The van der Waals surface area contributed by atoms with Crippen LogP contribution in [-0.4, -0.2) is 32.5 Å². The van der Waals surface area contributed by atoms with Gasteiger partial charge in [0.1, 0.15) is 0 Å². The molecule has 0 radical (unpaired) electrons. The summed E-state index contributed by atoms with van der Waals surface area (Å²) in [5.74, 6) is 0. The van der Waals surface area contributed by atoms with Crippen molar-refractivity contribution in [2.45, 2.75) is 13.8 Å². The number of hydrogen-bond acceptors (Lipinski definition) is 2. The van der Waals surface area contributed by atoms with Gasteiger partial charge in [-0.1, -0.05) is 13.8 Å². The van der Waals surface area contributed by atoms with Gasteiger partial charge in [-0.2, -0.15) is 0 Å². The van der Waals surface area contributed by atoms with Crippen molar-refractivity contribution in [1.29, 1.82) is 0 Å². The van der Waals surface area contributed by atoms with Gasteiger partial charge in [-0.25, -0.2) is 0 Å². The van der Waals surface area contributed by atoms with E-state index in [1.165, 1.54) is 0 Å². The fraction of sp³-hybridized carbons (Fsp3) is 1.00. The lowest BCUT2D eigenvalue weighted by atomic mass is 10.1. The Morgan fingerprint density at radius 2 is 2.12 bits per heavy atom. The van der Waals surface area contributed by atoms with Crippen molar-refractivity contribution in [1.82, 2.24) is 10.0 Å². The van der Waals surface area contributed by atoms with Crippen LogP contribution in [0.1, 0.15) is 13.8 Å². The highest BCUT2D eigenvalue weighted by Crippen LogP contribution is 1.70. The molecule has 0 saturated carbocycles. The predicted molar refractivity (Wildman–Crippen MR) is 39.1 cm³/mol. The van der Waals surface area contributed by atoms with Crippen LogP contribution in [0.2, 0.25) is 0 Å². The van der Waals surface area contributed by atoms with Gasteiger partial charge in [0.15, 0.2) is 0 Å².